The van der Waals surface area contributed by atoms with Gasteiger partial charge in [-0.1, -0.05) is 43.3 Å². The lowest BCUT2D eigenvalue weighted by Crippen LogP contribution is -2.48. The Morgan fingerprint density at radius 3 is 2.44 bits per heavy atom. The quantitative estimate of drug-likeness (QED) is 0.206. The standard InChI is InChI=1S/C36H39N5O7/c1-22-18-41(23(2)20-42)34(43)16-25-15-26(37-35(44)38-27-12-14-31-32(17-27)47-21-46-31)11-13-30(25)48-33(22)19-40(3)36(45)39-29-10-6-8-24-7-4-5-9-28(24)29/h4-15,17,22-23,33,42H,16,18-21H2,1-3H3,(H,39,45)(H2,37,38,44)/t22-,23+,33-/m0/s1. The molecular formula is C36H39N5O7. The summed E-state index contributed by atoms with van der Waals surface area (Å²) < 4.78 is 17.3. The summed E-state index contributed by atoms with van der Waals surface area (Å²) in [6.45, 7) is 4.23. The molecule has 0 aliphatic carbocycles. The highest BCUT2D eigenvalue weighted by Crippen LogP contribution is 2.34. The van der Waals surface area contributed by atoms with Crippen LogP contribution in [-0.2, 0) is 11.2 Å². The minimum Gasteiger partial charge on any atom is -0.488 e. The van der Waals surface area contributed by atoms with Crippen LogP contribution in [0.4, 0.5) is 26.7 Å². The number of rotatable bonds is 7. The maximum atomic E-state index is 13.6. The zero-order valence-corrected chi connectivity index (χ0v) is 27.1. The van der Waals surface area contributed by atoms with E-state index < -0.39 is 18.2 Å². The molecule has 2 aliphatic heterocycles. The fraction of sp³-hybridized carbons (Fsp3) is 0.306. The van der Waals surface area contributed by atoms with Crippen LogP contribution in [0.3, 0.4) is 0 Å². The molecule has 250 valence electrons. The van der Waals surface area contributed by atoms with E-state index in [0.29, 0.717) is 46.4 Å². The van der Waals surface area contributed by atoms with E-state index in [1.807, 2.05) is 49.4 Å². The molecule has 0 aromatic heterocycles. The van der Waals surface area contributed by atoms with Crippen molar-refractivity contribution in [3.8, 4) is 17.2 Å². The molecule has 0 spiro atoms. The Hall–Kier alpha value is -5.49. The topological polar surface area (TPSA) is 142 Å². The molecule has 5 amide bonds. The molecule has 12 heteroatoms. The van der Waals surface area contributed by atoms with Crippen molar-refractivity contribution in [1.29, 1.82) is 0 Å². The highest BCUT2D eigenvalue weighted by molar-refractivity contribution is 6.02. The van der Waals surface area contributed by atoms with Crippen LogP contribution in [0.25, 0.3) is 10.8 Å². The lowest BCUT2D eigenvalue weighted by Gasteiger charge is -2.34. The summed E-state index contributed by atoms with van der Waals surface area (Å²) in [6.07, 6.45) is -0.505. The number of nitrogens with zero attached hydrogens (tertiary/aromatic N) is 2. The van der Waals surface area contributed by atoms with Gasteiger partial charge in [0, 0.05) is 47.9 Å². The molecule has 6 rings (SSSR count). The van der Waals surface area contributed by atoms with Crippen molar-refractivity contribution in [3.63, 3.8) is 0 Å². The first-order chi connectivity index (χ1) is 23.2. The maximum Gasteiger partial charge on any atom is 0.323 e. The Balaban J connectivity index is 1.20. The van der Waals surface area contributed by atoms with Gasteiger partial charge in [-0.2, -0.15) is 0 Å². The second-order valence-corrected chi connectivity index (χ2v) is 12.2. The van der Waals surface area contributed by atoms with Crippen LogP contribution >= 0.6 is 0 Å². The summed E-state index contributed by atoms with van der Waals surface area (Å²) in [5.41, 5.74) is 2.26. The van der Waals surface area contributed by atoms with E-state index in [9.17, 15) is 19.5 Å². The van der Waals surface area contributed by atoms with Gasteiger partial charge >= 0.3 is 12.1 Å². The van der Waals surface area contributed by atoms with Gasteiger partial charge < -0.3 is 45.1 Å². The van der Waals surface area contributed by atoms with Crippen molar-refractivity contribution in [2.24, 2.45) is 5.92 Å². The Morgan fingerprint density at radius 1 is 0.938 bits per heavy atom. The average Bonchev–Trinajstić information content (AvgIpc) is 3.56. The van der Waals surface area contributed by atoms with E-state index in [2.05, 4.69) is 16.0 Å². The summed E-state index contributed by atoms with van der Waals surface area (Å²) in [7, 11) is 1.70. The number of likely N-dealkylation sites (N-methyl/N-ethyl adjacent to an activating group) is 1. The molecule has 4 aromatic rings. The summed E-state index contributed by atoms with van der Waals surface area (Å²) in [5, 5.41) is 20.6. The first-order valence-corrected chi connectivity index (χ1v) is 15.9. The Bertz CT molecular complexity index is 1830. The van der Waals surface area contributed by atoms with Crippen LogP contribution in [0.2, 0.25) is 0 Å². The average molecular weight is 654 g/mol. The van der Waals surface area contributed by atoms with Crippen molar-refractivity contribution >= 4 is 45.8 Å². The predicted octanol–water partition coefficient (Wildman–Crippen LogP) is 5.53. The molecule has 0 unspecified atom stereocenters. The summed E-state index contributed by atoms with van der Waals surface area (Å²) in [6, 6.07) is 22.6. The van der Waals surface area contributed by atoms with Crippen LogP contribution in [0, 0.1) is 5.92 Å². The molecule has 2 heterocycles. The number of fused-ring (bicyclic) bond motifs is 3. The van der Waals surface area contributed by atoms with Crippen molar-refractivity contribution in [2.75, 3.05) is 49.5 Å². The van der Waals surface area contributed by atoms with Crippen molar-refractivity contribution in [3.05, 3.63) is 84.4 Å². The first-order valence-electron chi connectivity index (χ1n) is 15.9. The van der Waals surface area contributed by atoms with E-state index in [4.69, 9.17) is 14.2 Å². The second-order valence-electron chi connectivity index (χ2n) is 12.2. The van der Waals surface area contributed by atoms with Crippen LogP contribution in [-0.4, -0.2) is 78.6 Å². The molecule has 4 N–H and O–H groups in total. The Morgan fingerprint density at radius 2 is 1.65 bits per heavy atom. The van der Waals surface area contributed by atoms with E-state index in [1.54, 1.807) is 60.2 Å². The third-order valence-corrected chi connectivity index (χ3v) is 8.64. The second kappa shape index (κ2) is 14.1. The predicted molar refractivity (Wildman–Crippen MR) is 183 cm³/mol. The van der Waals surface area contributed by atoms with Gasteiger partial charge in [-0.15, -0.1) is 0 Å². The molecule has 2 aliphatic rings. The number of aliphatic hydroxyl groups excluding tert-OH is 1. The largest absolute Gasteiger partial charge is 0.488 e. The van der Waals surface area contributed by atoms with E-state index in [0.717, 1.165) is 10.8 Å². The summed E-state index contributed by atoms with van der Waals surface area (Å²) >= 11 is 0. The number of nitrogens with one attached hydrogen (secondary N) is 3. The van der Waals surface area contributed by atoms with E-state index >= 15 is 0 Å². The molecular weight excluding hydrogens is 614 g/mol. The molecule has 0 bridgehead atoms. The van der Waals surface area contributed by atoms with Gasteiger partial charge in [-0.3, -0.25) is 4.79 Å². The summed E-state index contributed by atoms with van der Waals surface area (Å²) in [5.74, 6) is 1.24. The molecule has 12 nitrogen and oxygen atoms in total. The third-order valence-electron chi connectivity index (χ3n) is 8.64. The number of hydrogen-bond donors (Lipinski definition) is 4. The molecule has 0 saturated heterocycles. The highest BCUT2D eigenvalue weighted by atomic mass is 16.7. The van der Waals surface area contributed by atoms with Gasteiger partial charge in [0.15, 0.2) is 11.5 Å². The minimum absolute atomic E-state index is 0.00415. The number of ether oxygens (including phenoxy) is 3. The highest BCUT2D eigenvalue weighted by Gasteiger charge is 2.32. The van der Waals surface area contributed by atoms with Gasteiger partial charge in [-0.05, 0) is 48.7 Å². The fourth-order valence-corrected chi connectivity index (χ4v) is 5.89. The number of aliphatic hydroxyl groups is 1. The van der Waals surface area contributed by atoms with Crippen molar-refractivity contribution < 1.29 is 33.7 Å². The van der Waals surface area contributed by atoms with Gasteiger partial charge in [-0.25, -0.2) is 9.59 Å². The Labute approximate surface area is 278 Å². The normalized spacial score (nSPS) is 17.7. The van der Waals surface area contributed by atoms with Crippen LogP contribution < -0.4 is 30.2 Å². The molecule has 4 aromatic carbocycles. The number of amides is 5. The van der Waals surface area contributed by atoms with Crippen molar-refractivity contribution in [1.82, 2.24) is 9.80 Å². The van der Waals surface area contributed by atoms with Crippen molar-refractivity contribution in [2.45, 2.75) is 32.4 Å². The third kappa shape index (κ3) is 7.23. The lowest BCUT2D eigenvalue weighted by atomic mass is 10.0. The van der Waals surface area contributed by atoms with E-state index in [-0.39, 0.29) is 44.2 Å². The van der Waals surface area contributed by atoms with Gasteiger partial charge in [0.25, 0.3) is 0 Å². The molecule has 0 radical (unpaired) electrons. The van der Waals surface area contributed by atoms with Gasteiger partial charge in [0.1, 0.15) is 11.9 Å². The van der Waals surface area contributed by atoms with E-state index in [1.165, 1.54) is 0 Å². The van der Waals surface area contributed by atoms with Crippen LogP contribution in [0.5, 0.6) is 17.2 Å². The number of hydrogen-bond acceptors (Lipinski definition) is 7. The monoisotopic (exact) mass is 653 g/mol. The number of benzene rings is 4. The SMILES string of the molecule is C[C@H](CO)N1C[C@H](C)[C@H](CN(C)C(=O)Nc2cccc3ccccc23)Oc2ccc(NC(=O)Nc3ccc4c(c3)OCO4)cc2CC1=O. The molecule has 0 fully saturated rings. The molecule has 3 atom stereocenters. The number of carbonyl (C=O) groups is 3. The summed E-state index contributed by atoms with van der Waals surface area (Å²) in [4.78, 5) is 43.1. The Kier molecular flexibility index (Phi) is 9.53. The zero-order chi connectivity index (χ0) is 33.8. The number of urea groups is 2. The molecule has 0 saturated carbocycles. The first kappa shape index (κ1) is 32.5. The van der Waals surface area contributed by atoms with Gasteiger partial charge in [0.05, 0.1) is 31.3 Å². The van der Waals surface area contributed by atoms with Crippen LogP contribution in [0.1, 0.15) is 19.4 Å². The fourth-order valence-electron chi connectivity index (χ4n) is 5.89. The minimum atomic E-state index is -0.501. The molecule has 48 heavy (non-hydrogen) atoms. The van der Waals surface area contributed by atoms with Crippen LogP contribution in [0.15, 0.2) is 78.9 Å². The maximum absolute atomic E-state index is 13.6. The number of carbonyl (C=O) groups excluding carboxylic acids is 3. The number of anilines is 3. The zero-order valence-electron chi connectivity index (χ0n) is 27.1. The lowest BCUT2D eigenvalue weighted by molar-refractivity contribution is -0.134. The smallest absolute Gasteiger partial charge is 0.323 e. The van der Waals surface area contributed by atoms with Gasteiger partial charge in [0.2, 0.25) is 12.7 Å².